The molecule has 0 aliphatic heterocycles. The number of aliphatic hydroxyl groups is 2. The van der Waals surface area contributed by atoms with Crippen molar-refractivity contribution in [2.24, 2.45) is 5.73 Å². The molecule has 0 saturated heterocycles. The first-order valence-electron chi connectivity index (χ1n) is 7.20. The summed E-state index contributed by atoms with van der Waals surface area (Å²) in [6.07, 6.45) is 3.20. The van der Waals surface area contributed by atoms with Crippen LogP contribution in [0.2, 0.25) is 0 Å². The van der Waals surface area contributed by atoms with Crippen LogP contribution in [0.1, 0.15) is 16.7 Å². The number of nitrogens with two attached hydrogens (primary N) is 1. The summed E-state index contributed by atoms with van der Waals surface area (Å²) in [5.74, 6) is 0.664. The van der Waals surface area contributed by atoms with E-state index in [0.717, 1.165) is 16.7 Å². The molecule has 0 amide bonds. The molecule has 4 N–H and O–H groups in total. The molecule has 1 atom stereocenters. The van der Waals surface area contributed by atoms with Gasteiger partial charge in [0.1, 0.15) is 18.5 Å². The second kappa shape index (κ2) is 8.34. The lowest BCUT2D eigenvalue weighted by Gasteiger charge is -2.09. The van der Waals surface area contributed by atoms with Crippen LogP contribution < -0.4 is 10.5 Å². The van der Waals surface area contributed by atoms with E-state index in [2.05, 4.69) is 0 Å². The topological polar surface area (TPSA) is 75.7 Å². The molecule has 22 heavy (non-hydrogen) atoms. The van der Waals surface area contributed by atoms with Gasteiger partial charge in [-0.1, -0.05) is 48.6 Å². The molecule has 0 aromatic heterocycles. The Morgan fingerprint density at radius 1 is 0.955 bits per heavy atom. The monoisotopic (exact) mass is 299 g/mol. The maximum Gasteiger partial charge on any atom is 0.119 e. The zero-order valence-corrected chi connectivity index (χ0v) is 12.4. The van der Waals surface area contributed by atoms with Crippen LogP contribution >= 0.6 is 0 Å². The van der Waals surface area contributed by atoms with Crippen LogP contribution in [0.3, 0.4) is 0 Å². The molecule has 0 saturated carbocycles. The van der Waals surface area contributed by atoms with Gasteiger partial charge in [0.15, 0.2) is 0 Å². The Balaban J connectivity index is 1.93. The van der Waals surface area contributed by atoms with E-state index in [9.17, 15) is 5.11 Å². The molecule has 0 radical (unpaired) electrons. The van der Waals surface area contributed by atoms with Crippen LogP contribution in [-0.4, -0.2) is 29.5 Å². The molecule has 0 aliphatic rings. The molecule has 0 spiro atoms. The lowest BCUT2D eigenvalue weighted by Crippen LogP contribution is -2.21. The van der Waals surface area contributed by atoms with Crippen molar-refractivity contribution in [3.63, 3.8) is 0 Å². The van der Waals surface area contributed by atoms with Gasteiger partial charge in [-0.25, -0.2) is 0 Å². The van der Waals surface area contributed by atoms with E-state index >= 15 is 0 Å². The van der Waals surface area contributed by atoms with Gasteiger partial charge in [0.25, 0.3) is 0 Å². The van der Waals surface area contributed by atoms with Gasteiger partial charge in [-0.2, -0.15) is 0 Å². The Bertz CT molecular complexity index is 591. The summed E-state index contributed by atoms with van der Waals surface area (Å²) in [4.78, 5) is 0. The van der Waals surface area contributed by atoms with Crippen molar-refractivity contribution in [3.8, 4) is 5.75 Å². The Labute approximate surface area is 130 Å². The normalized spacial score (nSPS) is 12.5. The first-order chi connectivity index (χ1) is 10.7. The third-order valence-corrected chi connectivity index (χ3v) is 3.22. The zero-order valence-electron chi connectivity index (χ0n) is 12.4. The first kappa shape index (κ1) is 16.2. The standard InChI is InChI=1S/C18H21NO3/c19-11-16-5-3-14(4-6-16)1-2-15-7-9-18(10-8-15)22-13-17(21)12-20/h1-10,17,20-21H,11-13,19H2. The molecule has 2 rings (SSSR count). The quantitative estimate of drug-likeness (QED) is 0.684. The van der Waals surface area contributed by atoms with Crippen molar-refractivity contribution in [2.45, 2.75) is 12.6 Å². The minimum Gasteiger partial charge on any atom is -0.491 e. The summed E-state index contributed by atoms with van der Waals surface area (Å²) in [7, 11) is 0. The maximum absolute atomic E-state index is 9.23. The van der Waals surface area contributed by atoms with E-state index in [-0.39, 0.29) is 13.2 Å². The second-order valence-corrected chi connectivity index (χ2v) is 5.00. The van der Waals surface area contributed by atoms with Crippen LogP contribution in [0.5, 0.6) is 5.75 Å². The van der Waals surface area contributed by atoms with Crippen LogP contribution in [-0.2, 0) is 6.54 Å². The van der Waals surface area contributed by atoms with Crippen molar-refractivity contribution in [1.82, 2.24) is 0 Å². The van der Waals surface area contributed by atoms with E-state index in [0.29, 0.717) is 12.3 Å². The molecular weight excluding hydrogens is 278 g/mol. The van der Waals surface area contributed by atoms with Crippen molar-refractivity contribution in [1.29, 1.82) is 0 Å². The van der Waals surface area contributed by atoms with Gasteiger partial charge in [0.05, 0.1) is 6.61 Å². The molecule has 4 heteroatoms. The Morgan fingerprint density at radius 2 is 1.50 bits per heavy atom. The van der Waals surface area contributed by atoms with Gasteiger partial charge in [0.2, 0.25) is 0 Å². The number of aliphatic hydroxyl groups excluding tert-OH is 2. The lowest BCUT2D eigenvalue weighted by atomic mass is 10.1. The van der Waals surface area contributed by atoms with Gasteiger partial charge in [-0.3, -0.25) is 0 Å². The van der Waals surface area contributed by atoms with Crippen molar-refractivity contribution >= 4 is 12.2 Å². The molecule has 0 fully saturated rings. The summed E-state index contributed by atoms with van der Waals surface area (Å²) in [5.41, 5.74) is 8.85. The van der Waals surface area contributed by atoms with Crippen LogP contribution in [0.25, 0.3) is 12.2 Å². The smallest absolute Gasteiger partial charge is 0.119 e. The average molecular weight is 299 g/mol. The molecule has 0 bridgehead atoms. The highest BCUT2D eigenvalue weighted by Gasteiger charge is 2.02. The molecule has 4 nitrogen and oxygen atoms in total. The zero-order chi connectivity index (χ0) is 15.8. The van der Waals surface area contributed by atoms with Gasteiger partial charge < -0.3 is 20.7 Å². The molecule has 2 aromatic carbocycles. The third kappa shape index (κ3) is 5.00. The van der Waals surface area contributed by atoms with Gasteiger partial charge in [-0.15, -0.1) is 0 Å². The molecular formula is C18H21NO3. The lowest BCUT2D eigenvalue weighted by molar-refractivity contribution is 0.0536. The van der Waals surface area contributed by atoms with Gasteiger partial charge >= 0.3 is 0 Å². The Hall–Kier alpha value is -2.14. The van der Waals surface area contributed by atoms with E-state index < -0.39 is 6.10 Å². The van der Waals surface area contributed by atoms with Gasteiger partial charge in [-0.05, 0) is 28.8 Å². The second-order valence-electron chi connectivity index (χ2n) is 5.00. The van der Waals surface area contributed by atoms with Crippen LogP contribution in [0.4, 0.5) is 0 Å². The van der Waals surface area contributed by atoms with E-state index in [1.807, 2.05) is 60.7 Å². The Kier molecular flexibility index (Phi) is 6.15. The van der Waals surface area contributed by atoms with E-state index in [4.69, 9.17) is 15.6 Å². The highest BCUT2D eigenvalue weighted by Crippen LogP contribution is 2.15. The number of hydrogen-bond donors (Lipinski definition) is 3. The minimum absolute atomic E-state index is 0.0825. The van der Waals surface area contributed by atoms with Crippen LogP contribution in [0, 0.1) is 0 Å². The van der Waals surface area contributed by atoms with Crippen molar-refractivity contribution in [2.75, 3.05) is 13.2 Å². The minimum atomic E-state index is -0.851. The number of benzene rings is 2. The molecule has 0 aliphatic carbocycles. The summed E-state index contributed by atoms with van der Waals surface area (Å²) in [5, 5.41) is 17.9. The molecule has 116 valence electrons. The summed E-state index contributed by atoms with van der Waals surface area (Å²) >= 11 is 0. The van der Waals surface area contributed by atoms with E-state index in [1.165, 1.54) is 0 Å². The predicted molar refractivity (Wildman–Crippen MR) is 88.3 cm³/mol. The molecule has 2 aromatic rings. The Morgan fingerprint density at radius 3 is 2.00 bits per heavy atom. The fourth-order valence-corrected chi connectivity index (χ4v) is 1.88. The number of rotatable bonds is 7. The molecule has 0 heterocycles. The fraction of sp³-hybridized carbons (Fsp3) is 0.222. The molecule has 1 unspecified atom stereocenters. The average Bonchev–Trinajstić information content (AvgIpc) is 2.59. The van der Waals surface area contributed by atoms with Gasteiger partial charge in [0, 0.05) is 6.54 Å². The van der Waals surface area contributed by atoms with E-state index in [1.54, 1.807) is 0 Å². The number of ether oxygens (including phenoxy) is 1. The highest BCUT2D eigenvalue weighted by molar-refractivity contribution is 5.69. The summed E-state index contributed by atoms with van der Waals surface area (Å²) < 4.78 is 5.36. The summed E-state index contributed by atoms with van der Waals surface area (Å²) in [6.45, 7) is 0.333. The van der Waals surface area contributed by atoms with Crippen LogP contribution in [0.15, 0.2) is 48.5 Å². The summed E-state index contributed by atoms with van der Waals surface area (Å²) in [6, 6.07) is 15.6. The highest BCUT2D eigenvalue weighted by atomic mass is 16.5. The predicted octanol–water partition coefficient (Wildman–Crippen LogP) is 2.05. The first-order valence-corrected chi connectivity index (χ1v) is 7.20. The fourth-order valence-electron chi connectivity index (χ4n) is 1.88. The SMILES string of the molecule is NCc1ccc(C=Cc2ccc(OCC(O)CO)cc2)cc1. The van der Waals surface area contributed by atoms with Crippen molar-refractivity contribution < 1.29 is 14.9 Å². The number of hydrogen-bond acceptors (Lipinski definition) is 4. The third-order valence-electron chi connectivity index (χ3n) is 3.22. The van der Waals surface area contributed by atoms with Crippen molar-refractivity contribution in [3.05, 3.63) is 65.2 Å². The maximum atomic E-state index is 9.23. The largest absolute Gasteiger partial charge is 0.491 e.